The third-order valence-electron chi connectivity index (χ3n) is 2.85. The molecule has 0 spiro atoms. The molecule has 0 saturated heterocycles. The minimum atomic E-state index is 0.208. The molecule has 3 nitrogen and oxygen atoms in total. The first-order chi connectivity index (χ1) is 7.76. The predicted octanol–water partition coefficient (Wildman–Crippen LogP) is 1.62. The average Bonchev–Trinajstić information content (AvgIpc) is 2.35. The summed E-state index contributed by atoms with van der Waals surface area (Å²) in [5.74, 6) is 0.254. The average molecular weight is 222 g/mol. The second kappa shape index (κ2) is 7.36. The molecule has 2 unspecified atom stereocenters. The zero-order chi connectivity index (χ0) is 11.8. The third-order valence-corrected chi connectivity index (χ3v) is 2.85. The van der Waals surface area contributed by atoms with Gasteiger partial charge in [0.1, 0.15) is 0 Å². The van der Waals surface area contributed by atoms with Gasteiger partial charge in [-0.3, -0.25) is 4.98 Å². The van der Waals surface area contributed by atoms with Crippen LogP contribution in [0.2, 0.25) is 0 Å². The van der Waals surface area contributed by atoms with Crippen molar-refractivity contribution in [3.05, 3.63) is 30.1 Å². The molecule has 0 bridgehead atoms. The summed E-state index contributed by atoms with van der Waals surface area (Å²) in [5.41, 5.74) is 1.05. The second-order valence-electron chi connectivity index (χ2n) is 4.29. The molecule has 2 N–H and O–H groups in total. The molecule has 2 atom stereocenters. The predicted molar refractivity (Wildman–Crippen MR) is 66.3 cm³/mol. The van der Waals surface area contributed by atoms with E-state index in [1.807, 2.05) is 18.2 Å². The molecule has 0 aliphatic heterocycles. The van der Waals surface area contributed by atoms with Crippen LogP contribution in [-0.4, -0.2) is 29.3 Å². The fourth-order valence-corrected chi connectivity index (χ4v) is 1.53. The molecule has 0 aliphatic carbocycles. The van der Waals surface area contributed by atoms with Gasteiger partial charge >= 0.3 is 0 Å². The Labute approximate surface area is 97.9 Å². The number of aliphatic hydroxyl groups is 1. The number of pyridine rings is 1. The first-order valence-corrected chi connectivity index (χ1v) is 6.00. The molecule has 1 rings (SSSR count). The van der Waals surface area contributed by atoms with E-state index in [4.69, 9.17) is 0 Å². The maximum Gasteiger partial charge on any atom is 0.0475 e. The first kappa shape index (κ1) is 13.1. The van der Waals surface area contributed by atoms with E-state index in [2.05, 4.69) is 24.1 Å². The van der Waals surface area contributed by atoms with E-state index in [0.29, 0.717) is 6.04 Å². The number of nitrogens with zero attached hydrogens (tertiary/aromatic N) is 1. The van der Waals surface area contributed by atoms with E-state index >= 15 is 0 Å². The van der Waals surface area contributed by atoms with E-state index in [0.717, 1.165) is 25.1 Å². The Morgan fingerprint density at radius 1 is 1.44 bits per heavy atom. The fourth-order valence-electron chi connectivity index (χ4n) is 1.53. The van der Waals surface area contributed by atoms with Gasteiger partial charge in [0, 0.05) is 31.1 Å². The Bertz CT molecular complexity index is 277. The molecule has 0 aliphatic rings. The number of aromatic nitrogens is 1. The molecule has 0 saturated carbocycles. The third kappa shape index (κ3) is 4.73. The smallest absolute Gasteiger partial charge is 0.0475 e. The number of nitrogens with one attached hydrogen (secondary N) is 1. The lowest BCUT2D eigenvalue weighted by molar-refractivity contribution is 0.217. The first-order valence-electron chi connectivity index (χ1n) is 6.00. The molecule has 0 amide bonds. The minimum Gasteiger partial charge on any atom is -0.396 e. The summed E-state index contributed by atoms with van der Waals surface area (Å²) in [7, 11) is 0. The van der Waals surface area contributed by atoms with Crippen molar-refractivity contribution in [2.24, 2.45) is 5.92 Å². The van der Waals surface area contributed by atoms with Gasteiger partial charge in [-0.15, -0.1) is 0 Å². The summed E-state index contributed by atoms with van der Waals surface area (Å²) in [6.45, 7) is 5.38. The van der Waals surface area contributed by atoms with E-state index in [1.165, 1.54) is 0 Å². The van der Waals surface area contributed by atoms with Gasteiger partial charge in [-0.25, -0.2) is 0 Å². The van der Waals surface area contributed by atoms with Gasteiger partial charge in [0.05, 0.1) is 0 Å². The van der Waals surface area contributed by atoms with Gasteiger partial charge in [-0.2, -0.15) is 0 Å². The summed E-state index contributed by atoms with van der Waals surface area (Å²) in [6.07, 6.45) is 3.74. The summed E-state index contributed by atoms with van der Waals surface area (Å²) < 4.78 is 0. The molecule has 3 heteroatoms. The number of aliphatic hydroxyl groups excluding tert-OH is 1. The number of rotatable bonds is 7. The van der Waals surface area contributed by atoms with Crippen LogP contribution in [0.25, 0.3) is 0 Å². The maximum atomic E-state index is 9.31. The highest BCUT2D eigenvalue weighted by molar-refractivity contribution is 5.04. The van der Waals surface area contributed by atoms with E-state index < -0.39 is 0 Å². The standard InChI is InChI=1S/C13H22N2O/c1-3-11(2)15-9-12(10-16)8-13-6-4-5-7-14-13/h4-7,11-12,15-16H,3,8-10H2,1-2H3. The van der Waals surface area contributed by atoms with Crippen molar-refractivity contribution in [3.8, 4) is 0 Å². The quantitative estimate of drug-likeness (QED) is 0.737. The molecule has 0 fully saturated rings. The van der Waals surface area contributed by atoms with E-state index in [9.17, 15) is 5.11 Å². The van der Waals surface area contributed by atoms with Crippen LogP contribution in [0.15, 0.2) is 24.4 Å². The van der Waals surface area contributed by atoms with Gasteiger partial charge in [0.15, 0.2) is 0 Å². The monoisotopic (exact) mass is 222 g/mol. The highest BCUT2D eigenvalue weighted by Gasteiger charge is 2.10. The van der Waals surface area contributed by atoms with E-state index in [-0.39, 0.29) is 12.5 Å². The zero-order valence-electron chi connectivity index (χ0n) is 10.2. The Hall–Kier alpha value is -0.930. The largest absolute Gasteiger partial charge is 0.396 e. The topological polar surface area (TPSA) is 45.1 Å². The molecular formula is C13H22N2O. The van der Waals surface area contributed by atoms with Crippen LogP contribution in [0, 0.1) is 5.92 Å². The van der Waals surface area contributed by atoms with Crippen molar-refractivity contribution < 1.29 is 5.11 Å². The lowest BCUT2D eigenvalue weighted by atomic mass is 10.0. The van der Waals surface area contributed by atoms with Crippen molar-refractivity contribution >= 4 is 0 Å². The molecular weight excluding hydrogens is 200 g/mol. The van der Waals surface area contributed by atoms with Crippen LogP contribution in [0.1, 0.15) is 26.0 Å². The van der Waals surface area contributed by atoms with Crippen LogP contribution in [0.4, 0.5) is 0 Å². The van der Waals surface area contributed by atoms with Gasteiger partial charge in [0.2, 0.25) is 0 Å². The van der Waals surface area contributed by atoms with Gasteiger partial charge in [-0.1, -0.05) is 13.0 Å². The Kier molecular flexibility index (Phi) is 6.04. The van der Waals surface area contributed by atoms with Crippen LogP contribution >= 0.6 is 0 Å². The molecule has 1 heterocycles. The molecule has 16 heavy (non-hydrogen) atoms. The summed E-state index contributed by atoms with van der Waals surface area (Å²) in [5, 5.41) is 12.7. The van der Waals surface area contributed by atoms with Gasteiger partial charge in [0.25, 0.3) is 0 Å². The van der Waals surface area contributed by atoms with Crippen molar-refractivity contribution in [1.29, 1.82) is 0 Å². The van der Waals surface area contributed by atoms with Crippen LogP contribution in [0.3, 0.4) is 0 Å². The SMILES string of the molecule is CCC(C)NCC(CO)Cc1ccccn1. The Morgan fingerprint density at radius 3 is 2.81 bits per heavy atom. The summed E-state index contributed by atoms with van der Waals surface area (Å²) >= 11 is 0. The number of hydrogen-bond donors (Lipinski definition) is 2. The van der Waals surface area contributed by atoms with Gasteiger partial charge < -0.3 is 10.4 Å². The van der Waals surface area contributed by atoms with Crippen molar-refractivity contribution in [3.63, 3.8) is 0 Å². The highest BCUT2D eigenvalue weighted by Crippen LogP contribution is 2.05. The Morgan fingerprint density at radius 2 is 2.25 bits per heavy atom. The summed E-state index contributed by atoms with van der Waals surface area (Å²) in [4.78, 5) is 4.27. The van der Waals surface area contributed by atoms with E-state index in [1.54, 1.807) is 6.20 Å². The highest BCUT2D eigenvalue weighted by atomic mass is 16.3. The minimum absolute atomic E-state index is 0.208. The Balaban J connectivity index is 2.37. The molecule has 0 radical (unpaired) electrons. The normalized spacial score (nSPS) is 14.7. The summed E-state index contributed by atoms with van der Waals surface area (Å²) in [6, 6.07) is 6.41. The fraction of sp³-hybridized carbons (Fsp3) is 0.615. The van der Waals surface area contributed by atoms with Crippen LogP contribution in [0.5, 0.6) is 0 Å². The second-order valence-corrected chi connectivity index (χ2v) is 4.29. The van der Waals surface area contributed by atoms with Crippen molar-refractivity contribution in [2.45, 2.75) is 32.7 Å². The molecule has 1 aromatic rings. The van der Waals surface area contributed by atoms with Crippen LogP contribution in [-0.2, 0) is 6.42 Å². The molecule has 0 aromatic carbocycles. The van der Waals surface area contributed by atoms with Crippen molar-refractivity contribution in [1.82, 2.24) is 10.3 Å². The lowest BCUT2D eigenvalue weighted by Crippen LogP contribution is -2.33. The molecule has 90 valence electrons. The maximum absolute atomic E-state index is 9.31. The van der Waals surface area contributed by atoms with Crippen LogP contribution < -0.4 is 5.32 Å². The number of hydrogen-bond acceptors (Lipinski definition) is 3. The zero-order valence-corrected chi connectivity index (χ0v) is 10.2. The molecule has 1 aromatic heterocycles. The van der Waals surface area contributed by atoms with Crippen molar-refractivity contribution in [2.75, 3.05) is 13.2 Å². The lowest BCUT2D eigenvalue weighted by Gasteiger charge is -2.17. The van der Waals surface area contributed by atoms with Gasteiger partial charge in [-0.05, 0) is 37.8 Å².